The molecule has 1 saturated heterocycles. The first-order valence-electron chi connectivity index (χ1n) is 10.8. The molecule has 172 valence electrons. The molecule has 5 rings (SSSR count). The Morgan fingerprint density at radius 1 is 1.03 bits per heavy atom. The van der Waals surface area contributed by atoms with Crippen molar-refractivity contribution in [1.82, 2.24) is 0 Å². The van der Waals surface area contributed by atoms with E-state index in [1.165, 1.54) is 16.7 Å². The summed E-state index contributed by atoms with van der Waals surface area (Å²) >= 11 is 1.31. The zero-order valence-corrected chi connectivity index (χ0v) is 19.2. The highest BCUT2D eigenvalue weighted by Crippen LogP contribution is 2.56. The summed E-state index contributed by atoms with van der Waals surface area (Å²) in [6.07, 6.45) is -0.651. The topological polar surface area (TPSA) is 84.9 Å². The first kappa shape index (κ1) is 22.0. The third-order valence-corrected chi connectivity index (χ3v) is 7.35. The largest absolute Gasteiger partial charge is 0.497 e. The number of esters is 1. The summed E-state index contributed by atoms with van der Waals surface area (Å²) in [6, 6.07) is 23.2. The molecule has 3 aromatic carbocycles. The molecular weight excluding hydrogens is 452 g/mol. The zero-order valence-electron chi connectivity index (χ0n) is 18.4. The predicted octanol–water partition coefficient (Wildman–Crippen LogP) is 4.55. The molecular formula is C26H22N2O5S. The fraction of sp³-hybridized carbons (Fsp3) is 0.192. The number of anilines is 2. The molecule has 2 aliphatic rings. The molecule has 0 aromatic heterocycles. The number of ether oxygens (including phenoxy) is 2. The van der Waals surface area contributed by atoms with Gasteiger partial charge in [0.2, 0.25) is 12.0 Å². The summed E-state index contributed by atoms with van der Waals surface area (Å²) in [6.45, 7) is 0. The van der Waals surface area contributed by atoms with Crippen molar-refractivity contribution in [2.75, 3.05) is 17.3 Å². The summed E-state index contributed by atoms with van der Waals surface area (Å²) in [5.74, 6) is -0.661. The van der Waals surface area contributed by atoms with Crippen LogP contribution in [0.15, 0.2) is 83.8 Å². The van der Waals surface area contributed by atoms with Gasteiger partial charge >= 0.3 is 5.97 Å². The molecule has 3 aromatic rings. The lowest BCUT2D eigenvalue weighted by molar-refractivity contribution is -0.157. The van der Waals surface area contributed by atoms with Crippen molar-refractivity contribution in [3.63, 3.8) is 0 Å². The number of para-hydroxylation sites is 1. The van der Waals surface area contributed by atoms with E-state index in [9.17, 15) is 14.4 Å². The van der Waals surface area contributed by atoms with Gasteiger partial charge in [0.05, 0.1) is 12.8 Å². The monoisotopic (exact) mass is 474 g/mol. The fourth-order valence-electron chi connectivity index (χ4n) is 4.28. The maximum atomic E-state index is 13.7. The summed E-state index contributed by atoms with van der Waals surface area (Å²) in [7, 11) is 1.54. The van der Waals surface area contributed by atoms with Crippen LogP contribution in [-0.2, 0) is 19.1 Å². The molecule has 0 spiro atoms. The van der Waals surface area contributed by atoms with Gasteiger partial charge in [-0.25, -0.2) is 4.79 Å². The van der Waals surface area contributed by atoms with Crippen LogP contribution in [-0.4, -0.2) is 29.8 Å². The highest BCUT2D eigenvalue weighted by molar-refractivity contribution is 8.02. The number of hydrogen-bond acceptors (Lipinski definition) is 6. The van der Waals surface area contributed by atoms with Gasteiger partial charge in [0.15, 0.2) is 4.87 Å². The van der Waals surface area contributed by atoms with Crippen molar-refractivity contribution in [1.29, 1.82) is 0 Å². The first-order chi connectivity index (χ1) is 16.5. The smallest absolute Gasteiger partial charge is 0.344 e. The first-order valence-corrected chi connectivity index (χ1v) is 11.7. The van der Waals surface area contributed by atoms with Gasteiger partial charge in [0.25, 0.3) is 5.91 Å². The van der Waals surface area contributed by atoms with Crippen LogP contribution in [0.1, 0.15) is 24.5 Å². The Hall–Kier alpha value is -3.78. The average Bonchev–Trinajstić information content (AvgIpc) is 3.38. The van der Waals surface area contributed by atoms with Crippen molar-refractivity contribution in [2.24, 2.45) is 0 Å². The number of methoxy groups -OCH3 is 1. The van der Waals surface area contributed by atoms with Crippen molar-refractivity contribution in [3.8, 4) is 5.75 Å². The molecule has 2 heterocycles. The minimum absolute atomic E-state index is 0.133. The van der Waals surface area contributed by atoms with Gasteiger partial charge in [0, 0.05) is 35.1 Å². The summed E-state index contributed by atoms with van der Waals surface area (Å²) < 4.78 is 11.1. The number of hydrogen-bond donors (Lipinski definition) is 1. The standard InChI is InChI=1S/C26H22N2O5S/c1-32-19-11-7-10-18(16-19)27-24(30)23(17-8-3-2-4-9-17)33-25(31)26-15-14-22(29)28(26)20-12-5-6-13-21(20)34-26/h2-13,16,23H,14-15H2,1H3,(H,27,30)/t23-,26-/m0/s1. The molecule has 8 heteroatoms. The number of carbonyl (C=O) groups is 3. The van der Waals surface area contributed by atoms with Crippen LogP contribution in [0.4, 0.5) is 11.4 Å². The van der Waals surface area contributed by atoms with Crippen LogP contribution >= 0.6 is 11.8 Å². The minimum Gasteiger partial charge on any atom is -0.497 e. The third-order valence-electron chi connectivity index (χ3n) is 5.89. The van der Waals surface area contributed by atoms with E-state index in [1.54, 1.807) is 55.6 Å². The molecule has 0 unspecified atom stereocenters. The molecule has 0 saturated carbocycles. The lowest BCUT2D eigenvalue weighted by atomic mass is 10.1. The Balaban J connectivity index is 1.44. The second-order valence-corrected chi connectivity index (χ2v) is 9.32. The number of rotatable bonds is 6. The fourth-order valence-corrected chi connectivity index (χ4v) is 5.68. The normalized spacial score (nSPS) is 19.2. The number of carbonyl (C=O) groups excluding carboxylic acids is 3. The molecule has 34 heavy (non-hydrogen) atoms. The summed E-state index contributed by atoms with van der Waals surface area (Å²) in [5, 5.41) is 2.81. The summed E-state index contributed by atoms with van der Waals surface area (Å²) in [5.41, 5.74) is 1.74. The van der Waals surface area contributed by atoms with E-state index in [1.807, 2.05) is 30.3 Å². The molecule has 2 atom stereocenters. The highest BCUT2D eigenvalue weighted by atomic mass is 32.2. The highest BCUT2D eigenvalue weighted by Gasteiger charge is 2.59. The third kappa shape index (κ3) is 3.80. The van der Waals surface area contributed by atoms with Gasteiger partial charge in [-0.2, -0.15) is 0 Å². The Labute approximate surface area is 201 Å². The number of fused-ring (bicyclic) bond motifs is 3. The molecule has 0 bridgehead atoms. The van der Waals surface area contributed by atoms with E-state index >= 15 is 0 Å². The van der Waals surface area contributed by atoms with E-state index < -0.39 is 22.9 Å². The lowest BCUT2D eigenvalue weighted by Crippen LogP contribution is -2.48. The van der Waals surface area contributed by atoms with Gasteiger partial charge in [-0.1, -0.05) is 60.3 Å². The second-order valence-electron chi connectivity index (χ2n) is 8.00. The lowest BCUT2D eigenvalue weighted by Gasteiger charge is -2.30. The van der Waals surface area contributed by atoms with E-state index in [-0.39, 0.29) is 12.3 Å². The Kier molecular flexibility index (Phi) is 5.75. The SMILES string of the molecule is COc1cccc(NC(=O)[C@@H](OC(=O)[C@@]23CCC(=O)N2c2ccccc2S3)c2ccccc2)c1. The van der Waals surface area contributed by atoms with Crippen LogP contribution in [0.25, 0.3) is 0 Å². The Bertz CT molecular complexity index is 1260. The molecule has 2 amide bonds. The molecule has 0 aliphatic carbocycles. The molecule has 1 N–H and O–H groups in total. The van der Waals surface area contributed by atoms with Crippen LogP contribution < -0.4 is 15.0 Å². The van der Waals surface area contributed by atoms with Crippen molar-refractivity contribution in [2.45, 2.75) is 28.7 Å². The van der Waals surface area contributed by atoms with Crippen molar-refractivity contribution in [3.05, 3.63) is 84.4 Å². The van der Waals surface area contributed by atoms with E-state index in [0.29, 0.717) is 29.1 Å². The molecule has 1 fully saturated rings. The van der Waals surface area contributed by atoms with Crippen molar-refractivity contribution < 1.29 is 23.9 Å². The van der Waals surface area contributed by atoms with Gasteiger partial charge in [-0.3, -0.25) is 14.5 Å². The van der Waals surface area contributed by atoms with Crippen molar-refractivity contribution >= 4 is 40.9 Å². The number of benzene rings is 3. The van der Waals surface area contributed by atoms with Gasteiger partial charge < -0.3 is 14.8 Å². The van der Waals surface area contributed by atoms with Gasteiger partial charge in [0.1, 0.15) is 5.75 Å². The van der Waals surface area contributed by atoms with E-state index in [2.05, 4.69) is 5.32 Å². The maximum Gasteiger partial charge on any atom is 0.344 e. The maximum absolute atomic E-state index is 13.7. The molecule has 2 aliphatic heterocycles. The minimum atomic E-state index is -1.22. The van der Waals surface area contributed by atoms with Crippen LogP contribution in [0.3, 0.4) is 0 Å². The molecule has 0 radical (unpaired) electrons. The van der Waals surface area contributed by atoms with Gasteiger partial charge in [-0.05, 0) is 24.3 Å². The van der Waals surface area contributed by atoms with Gasteiger partial charge in [-0.15, -0.1) is 0 Å². The summed E-state index contributed by atoms with van der Waals surface area (Å²) in [4.78, 5) is 40.9. The Morgan fingerprint density at radius 3 is 2.59 bits per heavy atom. The number of nitrogens with one attached hydrogen (secondary N) is 1. The number of amides is 2. The quantitative estimate of drug-likeness (QED) is 0.528. The number of nitrogens with zero attached hydrogens (tertiary/aromatic N) is 1. The van der Waals surface area contributed by atoms with Crippen LogP contribution in [0.5, 0.6) is 5.75 Å². The Morgan fingerprint density at radius 2 is 1.79 bits per heavy atom. The van der Waals surface area contributed by atoms with E-state index in [0.717, 1.165) is 4.90 Å². The molecule has 7 nitrogen and oxygen atoms in total. The predicted molar refractivity (Wildman–Crippen MR) is 129 cm³/mol. The number of thioether (sulfide) groups is 1. The zero-order chi connectivity index (χ0) is 23.7. The van der Waals surface area contributed by atoms with Crippen LogP contribution in [0.2, 0.25) is 0 Å². The van der Waals surface area contributed by atoms with E-state index in [4.69, 9.17) is 9.47 Å². The second kappa shape index (κ2) is 8.87. The average molecular weight is 475 g/mol. The van der Waals surface area contributed by atoms with Crippen LogP contribution in [0, 0.1) is 0 Å².